The van der Waals surface area contributed by atoms with Crippen molar-refractivity contribution >= 4 is 11.3 Å². The molecular weight excluding hydrogens is 235 g/mol. The van der Waals surface area contributed by atoms with Crippen LogP contribution in [0.25, 0.3) is 0 Å². The van der Waals surface area contributed by atoms with Gasteiger partial charge in [0.1, 0.15) is 5.82 Å². The van der Waals surface area contributed by atoms with Crippen molar-refractivity contribution < 1.29 is 4.39 Å². The minimum absolute atomic E-state index is 0.185. The lowest BCUT2D eigenvalue weighted by atomic mass is 10.2. The van der Waals surface area contributed by atoms with Gasteiger partial charge in [0.05, 0.1) is 5.01 Å². The number of halogens is 1. The van der Waals surface area contributed by atoms with Gasteiger partial charge in [0, 0.05) is 24.2 Å². The number of nitrogens with zero attached hydrogens (tertiary/aromatic N) is 1. The van der Waals surface area contributed by atoms with Gasteiger partial charge in [-0.15, -0.1) is 11.3 Å². The van der Waals surface area contributed by atoms with Crippen molar-refractivity contribution in [3.8, 4) is 0 Å². The fraction of sp³-hybridized carbons (Fsp3) is 0.308. The second-order valence-electron chi connectivity index (χ2n) is 3.81. The monoisotopic (exact) mass is 250 g/mol. The Morgan fingerprint density at radius 1 is 1.35 bits per heavy atom. The van der Waals surface area contributed by atoms with E-state index < -0.39 is 0 Å². The first kappa shape index (κ1) is 12.2. The Morgan fingerprint density at radius 2 is 2.24 bits per heavy atom. The van der Waals surface area contributed by atoms with E-state index in [9.17, 15) is 4.39 Å². The molecule has 90 valence electrons. The smallest absolute Gasteiger partial charge is 0.123 e. The predicted molar refractivity (Wildman–Crippen MR) is 68.4 cm³/mol. The first-order chi connectivity index (χ1) is 8.28. The Kier molecular flexibility index (Phi) is 4.23. The van der Waals surface area contributed by atoms with Crippen molar-refractivity contribution in [3.05, 3.63) is 51.7 Å². The van der Waals surface area contributed by atoms with Crippen LogP contribution in [0.5, 0.6) is 0 Å². The summed E-state index contributed by atoms with van der Waals surface area (Å²) >= 11 is 1.72. The predicted octanol–water partition coefficient (Wildman–Crippen LogP) is 3.13. The largest absolute Gasteiger partial charge is 0.308 e. The summed E-state index contributed by atoms with van der Waals surface area (Å²) in [5.41, 5.74) is 0.963. The molecule has 1 aromatic heterocycles. The lowest BCUT2D eigenvalue weighted by molar-refractivity contribution is 0.620. The van der Waals surface area contributed by atoms with Gasteiger partial charge in [-0.05, 0) is 24.1 Å². The first-order valence-electron chi connectivity index (χ1n) is 5.66. The Balaban J connectivity index is 1.83. The van der Waals surface area contributed by atoms with Gasteiger partial charge in [-0.3, -0.25) is 0 Å². The van der Waals surface area contributed by atoms with Crippen molar-refractivity contribution in [2.45, 2.75) is 26.4 Å². The maximum atomic E-state index is 12.9. The normalized spacial score (nSPS) is 10.7. The van der Waals surface area contributed by atoms with Gasteiger partial charge in [0.2, 0.25) is 0 Å². The molecule has 0 radical (unpaired) electrons. The molecule has 0 fully saturated rings. The number of rotatable bonds is 5. The summed E-state index contributed by atoms with van der Waals surface area (Å²) < 4.78 is 12.9. The molecule has 0 saturated heterocycles. The van der Waals surface area contributed by atoms with E-state index in [-0.39, 0.29) is 5.82 Å². The third kappa shape index (κ3) is 3.61. The van der Waals surface area contributed by atoms with E-state index in [2.05, 4.69) is 17.2 Å². The summed E-state index contributed by atoms with van der Waals surface area (Å²) in [5.74, 6) is -0.185. The summed E-state index contributed by atoms with van der Waals surface area (Å²) in [6.07, 6.45) is 2.89. The van der Waals surface area contributed by atoms with Crippen LogP contribution in [0.1, 0.15) is 22.4 Å². The Labute approximate surface area is 105 Å². The van der Waals surface area contributed by atoms with Crippen LogP contribution in [-0.4, -0.2) is 4.98 Å². The van der Waals surface area contributed by atoms with E-state index in [1.807, 2.05) is 12.3 Å². The van der Waals surface area contributed by atoms with Gasteiger partial charge in [-0.25, -0.2) is 9.37 Å². The zero-order valence-corrected chi connectivity index (χ0v) is 10.6. The fourth-order valence-corrected chi connectivity index (χ4v) is 2.40. The summed E-state index contributed by atoms with van der Waals surface area (Å²) in [5, 5.41) is 4.45. The topological polar surface area (TPSA) is 24.9 Å². The van der Waals surface area contributed by atoms with Crippen LogP contribution in [0.15, 0.2) is 30.5 Å². The van der Waals surface area contributed by atoms with Gasteiger partial charge < -0.3 is 5.32 Å². The number of aryl methyl sites for hydroxylation is 1. The van der Waals surface area contributed by atoms with Crippen LogP contribution in [0.4, 0.5) is 4.39 Å². The summed E-state index contributed by atoms with van der Waals surface area (Å²) in [4.78, 5) is 5.51. The number of aromatic nitrogens is 1. The van der Waals surface area contributed by atoms with Crippen molar-refractivity contribution in [3.63, 3.8) is 0 Å². The van der Waals surface area contributed by atoms with Gasteiger partial charge >= 0.3 is 0 Å². The molecule has 1 aromatic carbocycles. The molecule has 0 aliphatic rings. The molecule has 0 atom stereocenters. The zero-order valence-electron chi connectivity index (χ0n) is 9.74. The maximum Gasteiger partial charge on any atom is 0.123 e. The first-order valence-corrected chi connectivity index (χ1v) is 6.48. The quantitative estimate of drug-likeness (QED) is 0.882. The van der Waals surface area contributed by atoms with Crippen LogP contribution in [-0.2, 0) is 19.5 Å². The van der Waals surface area contributed by atoms with Crippen LogP contribution >= 0.6 is 11.3 Å². The number of benzene rings is 1. The van der Waals surface area contributed by atoms with Gasteiger partial charge in [-0.2, -0.15) is 0 Å². The molecule has 1 N–H and O–H groups in total. The van der Waals surface area contributed by atoms with Crippen molar-refractivity contribution in [2.75, 3.05) is 0 Å². The third-order valence-electron chi connectivity index (χ3n) is 2.42. The zero-order chi connectivity index (χ0) is 12.1. The number of hydrogen-bond acceptors (Lipinski definition) is 3. The van der Waals surface area contributed by atoms with Crippen LogP contribution < -0.4 is 5.32 Å². The van der Waals surface area contributed by atoms with E-state index >= 15 is 0 Å². The van der Waals surface area contributed by atoms with E-state index in [4.69, 9.17) is 0 Å². The minimum atomic E-state index is -0.185. The second-order valence-corrected chi connectivity index (χ2v) is 5.01. The van der Waals surface area contributed by atoms with Crippen LogP contribution in [0.3, 0.4) is 0 Å². The Hall–Kier alpha value is -1.26. The standard InChI is InChI=1S/C13H15FN2S/c1-2-13-16-9-12(17-13)8-15-7-10-4-3-5-11(14)6-10/h3-6,9,15H,2,7-8H2,1H3. The Morgan fingerprint density at radius 3 is 2.94 bits per heavy atom. The average molecular weight is 250 g/mol. The molecule has 0 aliphatic heterocycles. The molecule has 2 rings (SSSR count). The van der Waals surface area contributed by atoms with E-state index in [1.165, 1.54) is 10.9 Å². The highest BCUT2D eigenvalue weighted by Gasteiger charge is 2.00. The van der Waals surface area contributed by atoms with Crippen molar-refractivity contribution in [2.24, 2.45) is 0 Å². The Bertz CT molecular complexity index is 482. The van der Waals surface area contributed by atoms with Gasteiger partial charge in [0.15, 0.2) is 0 Å². The van der Waals surface area contributed by atoms with Crippen molar-refractivity contribution in [1.29, 1.82) is 0 Å². The molecule has 4 heteroatoms. The number of thiazole rings is 1. The van der Waals surface area contributed by atoms with Gasteiger partial charge in [0.25, 0.3) is 0 Å². The molecular formula is C13H15FN2S. The molecule has 2 aromatic rings. The SMILES string of the molecule is CCc1ncc(CNCc2cccc(F)c2)s1. The maximum absolute atomic E-state index is 12.9. The minimum Gasteiger partial charge on any atom is -0.308 e. The molecule has 0 amide bonds. The van der Waals surface area contributed by atoms with E-state index in [0.717, 1.165) is 23.5 Å². The molecule has 2 nitrogen and oxygen atoms in total. The summed E-state index contributed by atoms with van der Waals surface area (Å²) in [6, 6.07) is 6.66. The molecule has 0 saturated carbocycles. The number of hydrogen-bond donors (Lipinski definition) is 1. The van der Waals surface area contributed by atoms with E-state index in [0.29, 0.717) is 6.54 Å². The van der Waals surface area contributed by atoms with Crippen molar-refractivity contribution in [1.82, 2.24) is 10.3 Å². The van der Waals surface area contributed by atoms with Crippen LogP contribution in [0, 0.1) is 5.82 Å². The average Bonchev–Trinajstić information content (AvgIpc) is 2.77. The second kappa shape index (κ2) is 5.89. The summed E-state index contributed by atoms with van der Waals surface area (Å²) in [6.45, 7) is 3.56. The fourth-order valence-electron chi connectivity index (χ4n) is 1.57. The molecule has 0 aliphatic carbocycles. The molecule has 17 heavy (non-hydrogen) atoms. The summed E-state index contributed by atoms with van der Waals surface area (Å²) in [7, 11) is 0. The van der Waals surface area contributed by atoms with E-state index in [1.54, 1.807) is 23.5 Å². The molecule has 0 bridgehead atoms. The van der Waals surface area contributed by atoms with Crippen LogP contribution in [0.2, 0.25) is 0 Å². The molecule has 1 heterocycles. The lowest BCUT2D eigenvalue weighted by Gasteiger charge is -2.02. The third-order valence-corrected chi connectivity index (χ3v) is 3.56. The molecule has 0 unspecified atom stereocenters. The highest BCUT2D eigenvalue weighted by atomic mass is 32.1. The highest BCUT2D eigenvalue weighted by molar-refractivity contribution is 7.11. The van der Waals surface area contributed by atoms with Gasteiger partial charge in [-0.1, -0.05) is 19.1 Å². The highest BCUT2D eigenvalue weighted by Crippen LogP contribution is 2.13. The number of nitrogens with one attached hydrogen (secondary N) is 1. The molecule has 0 spiro atoms. The lowest BCUT2D eigenvalue weighted by Crippen LogP contribution is -2.11.